The van der Waals surface area contributed by atoms with Crippen LogP contribution in [-0.2, 0) is 18.3 Å². The monoisotopic (exact) mass is 453 g/mol. The van der Waals surface area contributed by atoms with Crippen molar-refractivity contribution in [3.63, 3.8) is 0 Å². The summed E-state index contributed by atoms with van der Waals surface area (Å²) < 4.78 is 8.25. The van der Waals surface area contributed by atoms with Gasteiger partial charge in [0.05, 0.1) is 28.1 Å². The molecule has 9 nitrogen and oxygen atoms in total. The van der Waals surface area contributed by atoms with Crippen molar-refractivity contribution in [2.24, 2.45) is 7.05 Å². The number of hydrogen-bond donors (Lipinski definition) is 1. The van der Waals surface area contributed by atoms with E-state index in [0.717, 1.165) is 22.3 Å². The van der Waals surface area contributed by atoms with Crippen LogP contribution in [0.3, 0.4) is 0 Å². The second-order valence-electron chi connectivity index (χ2n) is 7.43. The smallest absolute Gasteiger partial charge is 0.341 e. The van der Waals surface area contributed by atoms with Gasteiger partial charge in [-0.25, -0.2) is 19.4 Å². The van der Waals surface area contributed by atoms with Crippen molar-refractivity contribution in [3.8, 4) is 11.7 Å². The third-order valence-electron chi connectivity index (χ3n) is 4.98. The third kappa shape index (κ3) is 4.19. The van der Waals surface area contributed by atoms with Gasteiger partial charge in [-0.3, -0.25) is 4.79 Å². The van der Waals surface area contributed by atoms with Crippen molar-refractivity contribution < 1.29 is 14.6 Å². The second-order valence-corrected chi connectivity index (χ2v) is 7.84. The Kier molecular flexibility index (Phi) is 5.67. The Hall–Kier alpha value is -3.72. The van der Waals surface area contributed by atoms with Gasteiger partial charge < -0.3 is 14.4 Å². The summed E-state index contributed by atoms with van der Waals surface area (Å²) in [6.45, 7) is 3.23. The predicted octanol–water partition coefficient (Wildman–Crippen LogP) is 2.84. The largest absolute Gasteiger partial charge is 0.479 e. The van der Waals surface area contributed by atoms with Crippen molar-refractivity contribution in [3.05, 3.63) is 74.6 Å². The first-order valence-electron chi connectivity index (χ1n) is 9.75. The Bertz CT molecular complexity index is 1410. The molecule has 0 unspecified atom stereocenters. The van der Waals surface area contributed by atoms with Gasteiger partial charge in [-0.05, 0) is 43.7 Å². The molecule has 0 saturated carbocycles. The molecular weight excluding hydrogens is 434 g/mol. The van der Waals surface area contributed by atoms with Gasteiger partial charge in [-0.1, -0.05) is 17.7 Å². The summed E-state index contributed by atoms with van der Waals surface area (Å²) in [5, 5.41) is 14.4. The number of nitrogens with zero attached hydrogens (tertiary/aromatic N) is 5. The number of fused-ring (bicyclic) bond motifs is 1. The van der Waals surface area contributed by atoms with E-state index in [2.05, 4.69) is 15.1 Å². The van der Waals surface area contributed by atoms with E-state index in [1.54, 1.807) is 24.0 Å². The number of hydrogen-bond acceptors (Lipinski definition) is 6. The fourth-order valence-corrected chi connectivity index (χ4v) is 3.66. The zero-order valence-corrected chi connectivity index (χ0v) is 18.4. The highest BCUT2D eigenvalue weighted by molar-refractivity contribution is 6.31. The molecule has 0 fully saturated rings. The Labute approximate surface area is 187 Å². The van der Waals surface area contributed by atoms with E-state index in [-0.39, 0.29) is 5.75 Å². The molecule has 32 heavy (non-hydrogen) atoms. The second kappa shape index (κ2) is 8.43. The summed E-state index contributed by atoms with van der Waals surface area (Å²) in [7, 11) is 1.61. The van der Waals surface area contributed by atoms with Crippen molar-refractivity contribution in [2.45, 2.75) is 20.3 Å². The molecule has 4 aromatic rings. The number of carbonyl (C=O) groups is 1. The quantitative estimate of drug-likeness (QED) is 0.477. The van der Waals surface area contributed by atoms with Gasteiger partial charge in [0, 0.05) is 24.5 Å². The lowest BCUT2D eigenvalue weighted by molar-refractivity contribution is -0.139. The minimum absolute atomic E-state index is 0.0218. The molecule has 0 atom stereocenters. The van der Waals surface area contributed by atoms with Crippen molar-refractivity contribution >= 4 is 28.5 Å². The van der Waals surface area contributed by atoms with Crippen molar-refractivity contribution in [1.29, 1.82) is 0 Å². The molecule has 164 valence electrons. The summed E-state index contributed by atoms with van der Waals surface area (Å²) >= 11 is 6.36. The Morgan fingerprint density at radius 1 is 1.22 bits per heavy atom. The zero-order chi connectivity index (χ0) is 23.0. The lowest BCUT2D eigenvalue weighted by Gasteiger charge is -2.11. The van der Waals surface area contributed by atoms with Gasteiger partial charge in [0.2, 0.25) is 0 Å². The number of halogens is 1. The molecule has 0 aliphatic heterocycles. The lowest BCUT2D eigenvalue weighted by Crippen LogP contribution is -2.21. The van der Waals surface area contributed by atoms with Crippen LogP contribution in [0, 0.1) is 13.8 Å². The average molecular weight is 454 g/mol. The highest BCUT2D eigenvalue weighted by Crippen LogP contribution is 2.23. The number of rotatable bonds is 6. The van der Waals surface area contributed by atoms with Gasteiger partial charge in [0.25, 0.3) is 11.5 Å². The first-order valence-corrected chi connectivity index (χ1v) is 10.1. The number of aryl methyl sites for hydroxylation is 3. The summed E-state index contributed by atoms with van der Waals surface area (Å²) in [6.07, 6.45) is 1.98. The fraction of sp³-hybridized carbons (Fsp3) is 0.227. The Balaban J connectivity index is 1.71. The van der Waals surface area contributed by atoms with Gasteiger partial charge in [-0.2, -0.15) is 5.10 Å². The SMILES string of the molecule is Cc1cc(C)n(-c2ncc(Cl)c(Cc3ccc4c(c3)cc(OCC(=O)O)c(=O)n4C)n2)n1. The Morgan fingerprint density at radius 2 is 2.00 bits per heavy atom. The molecular formula is C22H20ClN5O4. The number of carboxylic acids is 1. The van der Waals surface area contributed by atoms with Crippen LogP contribution in [0.4, 0.5) is 0 Å². The number of pyridine rings is 1. The van der Waals surface area contributed by atoms with Crippen LogP contribution in [0.25, 0.3) is 16.9 Å². The molecule has 0 spiro atoms. The lowest BCUT2D eigenvalue weighted by atomic mass is 10.1. The van der Waals surface area contributed by atoms with E-state index in [1.165, 1.54) is 4.57 Å². The van der Waals surface area contributed by atoms with Crippen LogP contribution in [-0.4, -0.2) is 42.0 Å². The maximum absolute atomic E-state index is 12.4. The minimum Gasteiger partial charge on any atom is -0.479 e. The van der Waals surface area contributed by atoms with Crippen molar-refractivity contribution in [2.75, 3.05) is 6.61 Å². The van der Waals surface area contributed by atoms with E-state index in [0.29, 0.717) is 28.6 Å². The first kappa shape index (κ1) is 21.5. The molecule has 1 aromatic carbocycles. The van der Waals surface area contributed by atoms with Crippen LogP contribution in [0.5, 0.6) is 5.75 Å². The first-order chi connectivity index (χ1) is 15.2. The maximum Gasteiger partial charge on any atom is 0.341 e. The highest BCUT2D eigenvalue weighted by Gasteiger charge is 2.13. The molecule has 1 N–H and O–H groups in total. The zero-order valence-electron chi connectivity index (χ0n) is 17.7. The van der Waals surface area contributed by atoms with Crippen LogP contribution >= 0.6 is 11.6 Å². The molecule has 0 bridgehead atoms. The molecule has 0 saturated heterocycles. The molecule has 4 rings (SSSR count). The maximum atomic E-state index is 12.4. The van der Waals surface area contributed by atoms with E-state index < -0.39 is 18.1 Å². The molecule has 0 radical (unpaired) electrons. The van der Waals surface area contributed by atoms with Crippen molar-refractivity contribution in [1.82, 2.24) is 24.3 Å². The summed E-state index contributed by atoms with van der Waals surface area (Å²) in [5.74, 6) is -0.744. The van der Waals surface area contributed by atoms with Crippen LogP contribution in [0.1, 0.15) is 22.6 Å². The average Bonchev–Trinajstić information content (AvgIpc) is 3.09. The van der Waals surface area contributed by atoms with E-state index in [9.17, 15) is 9.59 Å². The molecule has 0 aliphatic carbocycles. The van der Waals surface area contributed by atoms with Gasteiger partial charge in [0.15, 0.2) is 12.4 Å². The van der Waals surface area contributed by atoms with E-state index >= 15 is 0 Å². The van der Waals surface area contributed by atoms with E-state index in [1.807, 2.05) is 38.1 Å². The molecule has 10 heteroatoms. The number of carboxylic acid groups (broad SMARTS) is 1. The van der Waals surface area contributed by atoms with E-state index in [4.69, 9.17) is 21.4 Å². The van der Waals surface area contributed by atoms with Crippen LogP contribution in [0.2, 0.25) is 5.02 Å². The van der Waals surface area contributed by atoms with Gasteiger partial charge in [-0.15, -0.1) is 0 Å². The predicted molar refractivity (Wildman–Crippen MR) is 119 cm³/mol. The summed E-state index contributed by atoms with van der Waals surface area (Å²) in [5.41, 5.74) is 3.61. The van der Waals surface area contributed by atoms with Crippen LogP contribution in [0.15, 0.2) is 41.3 Å². The Morgan fingerprint density at radius 3 is 2.69 bits per heavy atom. The number of ether oxygens (including phenoxy) is 1. The molecule has 0 aliphatic rings. The highest BCUT2D eigenvalue weighted by atomic mass is 35.5. The molecule has 3 aromatic heterocycles. The number of benzene rings is 1. The summed E-state index contributed by atoms with van der Waals surface area (Å²) in [4.78, 5) is 32.1. The standard InChI is InChI=1S/C22H20ClN5O4/c1-12-6-13(2)28(26-12)22-24-10-16(23)17(25-22)8-14-4-5-18-15(7-14)9-19(21(31)27(18)3)32-11-20(29)30/h4-7,9-10H,8,11H2,1-3H3,(H,29,30). The number of aliphatic carboxylic acids is 1. The third-order valence-corrected chi connectivity index (χ3v) is 5.30. The van der Waals surface area contributed by atoms with Gasteiger partial charge >= 0.3 is 5.97 Å². The normalized spacial score (nSPS) is 11.1. The van der Waals surface area contributed by atoms with Crippen LogP contribution < -0.4 is 10.3 Å². The number of aromatic nitrogens is 5. The molecule has 3 heterocycles. The van der Waals surface area contributed by atoms with Gasteiger partial charge in [0.1, 0.15) is 0 Å². The minimum atomic E-state index is -1.15. The molecule has 0 amide bonds. The fourth-order valence-electron chi connectivity index (χ4n) is 3.50. The topological polar surface area (TPSA) is 112 Å². The summed E-state index contributed by atoms with van der Waals surface area (Å²) in [6, 6.07) is 9.09.